The van der Waals surface area contributed by atoms with Crippen LogP contribution in [0.5, 0.6) is 5.75 Å². The van der Waals surface area contributed by atoms with Gasteiger partial charge in [-0.15, -0.1) is 0 Å². The minimum absolute atomic E-state index is 0.136. The smallest absolute Gasteiger partial charge is 0.320 e. The Bertz CT molecular complexity index is 1830. The molecule has 65 heavy (non-hydrogen) atoms. The predicted octanol–water partition coefficient (Wildman–Crippen LogP) is 8.61. The van der Waals surface area contributed by atoms with E-state index in [4.69, 9.17) is 28.4 Å². The molecular formula is C48H72I3N3O11. The molecular weight excluding hydrogens is 1180 g/mol. The molecule has 2 aromatic rings. The van der Waals surface area contributed by atoms with Crippen molar-refractivity contribution in [3.8, 4) is 5.75 Å². The van der Waals surface area contributed by atoms with E-state index in [1.54, 1.807) is 114 Å². The first-order chi connectivity index (χ1) is 29.5. The number of nitrogens with zero attached hydrogens (tertiary/aromatic N) is 3. The number of rotatable bonds is 21. The molecule has 0 amide bonds. The summed E-state index contributed by atoms with van der Waals surface area (Å²) >= 11 is 6.95. The van der Waals surface area contributed by atoms with E-state index in [9.17, 15) is 24.0 Å². The van der Waals surface area contributed by atoms with E-state index >= 15 is 0 Å². The van der Waals surface area contributed by atoms with Crippen LogP contribution in [-0.4, -0.2) is 131 Å². The molecule has 0 aliphatic carbocycles. The topological polar surface area (TPSA) is 150 Å². The largest absolute Gasteiger partial charge is 0.489 e. The van der Waals surface area contributed by atoms with Gasteiger partial charge in [0.05, 0.1) is 32.7 Å². The van der Waals surface area contributed by atoms with E-state index in [-0.39, 0.29) is 52.4 Å². The summed E-state index contributed by atoms with van der Waals surface area (Å²) in [6, 6.07) is 11.3. The maximum absolute atomic E-state index is 13.6. The Morgan fingerprint density at radius 3 is 1.22 bits per heavy atom. The first kappa shape index (κ1) is 58.8. The summed E-state index contributed by atoms with van der Waals surface area (Å²) in [7, 11) is 0. The maximum Gasteiger partial charge on any atom is 0.320 e. The standard InChI is InChI=1S/C48H72I3N3O11/c1-44(2,3)61-39(55)26-52(20-21-53(27-40(56)62-45(4,5)6)28-41(57)63-46(7,8)9)25-34(54(29-42(58)64-47(10,11)12)30-43(59)65-48(13,14)15)22-32-16-18-35(19-17-32)60-31-36-37(50)23-33(49)24-38(36)51/h16-19,23-24,34H,20-22,25-31H2,1-15H3. The van der Waals surface area contributed by atoms with Crippen molar-refractivity contribution >= 4 is 97.6 Å². The first-order valence-electron chi connectivity index (χ1n) is 21.7. The van der Waals surface area contributed by atoms with E-state index < -0.39 is 63.9 Å². The number of carbonyl (C=O) groups excluding carboxylic acids is 5. The van der Waals surface area contributed by atoms with Gasteiger partial charge >= 0.3 is 29.8 Å². The van der Waals surface area contributed by atoms with Gasteiger partial charge in [-0.2, -0.15) is 0 Å². The lowest BCUT2D eigenvalue weighted by Crippen LogP contribution is -2.52. The fourth-order valence-electron chi connectivity index (χ4n) is 6.26. The van der Waals surface area contributed by atoms with Gasteiger partial charge in [0.25, 0.3) is 0 Å². The van der Waals surface area contributed by atoms with Gasteiger partial charge < -0.3 is 28.4 Å². The zero-order valence-electron chi connectivity index (χ0n) is 41.1. The summed E-state index contributed by atoms with van der Waals surface area (Å²) in [4.78, 5) is 72.3. The lowest BCUT2D eigenvalue weighted by molar-refractivity contribution is -0.162. The van der Waals surface area contributed by atoms with Crippen LogP contribution < -0.4 is 4.74 Å². The highest BCUT2D eigenvalue weighted by Crippen LogP contribution is 2.25. The molecule has 17 heteroatoms. The van der Waals surface area contributed by atoms with E-state index in [2.05, 4.69) is 79.9 Å². The van der Waals surface area contributed by atoms with Crippen molar-refractivity contribution in [3.63, 3.8) is 0 Å². The van der Waals surface area contributed by atoms with Crippen LogP contribution >= 0.6 is 67.8 Å². The van der Waals surface area contributed by atoms with E-state index in [0.717, 1.165) is 21.8 Å². The summed E-state index contributed by atoms with van der Waals surface area (Å²) in [5.74, 6) is -2.00. The second-order valence-corrected chi connectivity index (χ2v) is 24.5. The Hall–Kier alpha value is -2.34. The minimum atomic E-state index is -0.803. The second-order valence-electron chi connectivity index (χ2n) is 20.9. The van der Waals surface area contributed by atoms with Crippen molar-refractivity contribution in [2.45, 2.75) is 151 Å². The summed E-state index contributed by atoms with van der Waals surface area (Å²) in [5, 5.41) is 0. The fourth-order valence-corrected chi connectivity index (χ4v) is 10.2. The molecule has 2 aromatic carbocycles. The monoisotopic (exact) mass is 1250 g/mol. The molecule has 1 unspecified atom stereocenters. The Morgan fingerprint density at radius 1 is 0.508 bits per heavy atom. The van der Waals surface area contributed by atoms with E-state index in [1.807, 2.05) is 29.2 Å². The SMILES string of the molecule is CC(C)(C)OC(=O)CN(CCN(CC(=O)OC(C)(C)C)CC(Cc1ccc(OCc2c(I)cc(I)cc2I)cc1)N(CC(=O)OC(C)(C)C)CC(=O)OC(C)(C)C)CC(=O)OC(C)(C)C. The Balaban J connectivity index is 2.66. The third-order valence-corrected chi connectivity index (χ3v) is 11.0. The van der Waals surface area contributed by atoms with E-state index in [1.165, 1.54) is 0 Å². The Kier molecular flexibility index (Phi) is 22.9. The van der Waals surface area contributed by atoms with Crippen molar-refractivity contribution in [3.05, 3.63) is 58.2 Å². The van der Waals surface area contributed by atoms with Crippen molar-refractivity contribution in [1.29, 1.82) is 0 Å². The molecule has 0 bridgehead atoms. The molecule has 0 fully saturated rings. The third-order valence-electron chi connectivity index (χ3n) is 8.42. The molecule has 0 saturated carbocycles. The molecule has 0 aromatic heterocycles. The normalized spacial score (nSPS) is 13.1. The fraction of sp³-hybridized carbons (Fsp3) is 0.646. The first-order valence-corrected chi connectivity index (χ1v) is 24.9. The lowest BCUT2D eigenvalue weighted by atomic mass is 10.0. The van der Waals surface area contributed by atoms with E-state index in [0.29, 0.717) is 18.8 Å². The second kappa shape index (κ2) is 25.3. The van der Waals surface area contributed by atoms with Gasteiger partial charge in [0.15, 0.2) is 0 Å². The zero-order chi connectivity index (χ0) is 49.7. The summed E-state index contributed by atoms with van der Waals surface area (Å²) in [6.07, 6.45) is 0.323. The Morgan fingerprint density at radius 2 is 0.846 bits per heavy atom. The molecule has 0 radical (unpaired) electrons. The molecule has 14 nitrogen and oxygen atoms in total. The molecule has 1 atom stereocenters. The summed E-state index contributed by atoms with van der Waals surface area (Å²) in [5.41, 5.74) is -1.96. The van der Waals surface area contributed by atoms with Crippen LogP contribution in [0.25, 0.3) is 0 Å². The van der Waals surface area contributed by atoms with Gasteiger partial charge in [0.1, 0.15) is 40.4 Å². The average Bonchev–Trinajstić information content (AvgIpc) is 3.06. The van der Waals surface area contributed by atoms with Gasteiger partial charge in [0, 0.05) is 42.0 Å². The molecule has 0 aliphatic rings. The van der Waals surface area contributed by atoms with Gasteiger partial charge in [-0.1, -0.05) is 12.1 Å². The highest BCUT2D eigenvalue weighted by atomic mass is 127. The van der Waals surface area contributed by atoms with Gasteiger partial charge in [-0.25, -0.2) is 0 Å². The van der Waals surface area contributed by atoms with Crippen molar-refractivity contribution in [1.82, 2.24) is 14.7 Å². The van der Waals surface area contributed by atoms with Crippen LogP contribution in [0.2, 0.25) is 0 Å². The molecule has 0 spiro atoms. The van der Waals surface area contributed by atoms with Crippen LogP contribution in [-0.2, 0) is 60.7 Å². The molecule has 2 rings (SSSR count). The molecule has 0 heterocycles. The highest BCUT2D eigenvalue weighted by molar-refractivity contribution is 14.1. The molecule has 366 valence electrons. The molecule has 0 saturated heterocycles. The number of esters is 5. The number of carbonyl (C=O) groups is 5. The van der Waals surface area contributed by atoms with Crippen LogP contribution in [0.1, 0.15) is 115 Å². The lowest BCUT2D eigenvalue weighted by Gasteiger charge is -2.36. The van der Waals surface area contributed by atoms with Gasteiger partial charge in [-0.3, -0.25) is 38.7 Å². The number of hydrogen-bond donors (Lipinski definition) is 0. The van der Waals surface area contributed by atoms with Crippen molar-refractivity contribution < 1.29 is 52.4 Å². The number of halogens is 3. The predicted molar refractivity (Wildman–Crippen MR) is 277 cm³/mol. The van der Waals surface area contributed by atoms with Crippen LogP contribution in [0.4, 0.5) is 0 Å². The van der Waals surface area contributed by atoms with Crippen LogP contribution in [0, 0.1) is 10.7 Å². The highest BCUT2D eigenvalue weighted by Gasteiger charge is 2.32. The van der Waals surface area contributed by atoms with Crippen molar-refractivity contribution in [2.75, 3.05) is 52.4 Å². The van der Waals surface area contributed by atoms with Crippen molar-refractivity contribution in [2.24, 2.45) is 0 Å². The molecule has 0 aliphatic heterocycles. The van der Waals surface area contributed by atoms with Crippen LogP contribution in [0.3, 0.4) is 0 Å². The Labute approximate surface area is 428 Å². The third kappa shape index (κ3) is 26.7. The zero-order valence-corrected chi connectivity index (χ0v) is 47.6. The number of hydrogen-bond acceptors (Lipinski definition) is 14. The minimum Gasteiger partial charge on any atom is -0.489 e. The molecule has 0 N–H and O–H groups in total. The average molecular weight is 1250 g/mol. The van der Waals surface area contributed by atoms with Gasteiger partial charge in [-0.05, 0) is 208 Å². The summed E-state index contributed by atoms with van der Waals surface area (Å²) < 4.78 is 38.2. The maximum atomic E-state index is 13.6. The summed E-state index contributed by atoms with van der Waals surface area (Å²) in [6.45, 7) is 26.2. The van der Waals surface area contributed by atoms with Crippen LogP contribution in [0.15, 0.2) is 36.4 Å². The number of benzene rings is 2. The number of ether oxygens (including phenoxy) is 6. The van der Waals surface area contributed by atoms with Gasteiger partial charge in [0.2, 0.25) is 0 Å². The quantitative estimate of drug-likeness (QED) is 0.0667.